The highest BCUT2D eigenvalue weighted by Crippen LogP contribution is 2.37. The summed E-state index contributed by atoms with van der Waals surface area (Å²) in [7, 11) is -0.287. The number of benzene rings is 1. The summed E-state index contributed by atoms with van der Waals surface area (Å²) < 4.78 is 17.4. The number of fused-ring (bicyclic) bond motifs is 1. The van der Waals surface area contributed by atoms with Crippen LogP contribution in [-0.4, -0.2) is 24.9 Å². The van der Waals surface area contributed by atoms with E-state index in [0.29, 0.717) is 0 Å². The highest BCUT2D eigenvalue weighted by molar-refractivity contribution is 6.52. The quantitative estimate of drug-likeness (QED) is 0.773. The number of hydrogen-bond donors (Lipinski definition) is 0. The van der Waals surface area contributed by atoms with E-state index in [4.69, 9.17) is 14.0 Å². The highest BCUT2D eigenvalue weighted by atomic mass is 16.7. The lowest BCUT2D eigenvalue weighted by atomic mass is 9.89. The minimum Gasteiger partial charge on any atom is -0.493 e. The van der Waals surface area contributed by atoms with Crippen LogP contribution in [-0.2, 0) is 15.7 Å². The molecule has 3 rings (SSSR count). The largest absolute Gasteiger partial charge is 0.493 e. The molecule has 106 valence electrons. The van der Waals surface area contributed by atoms with Crippen molar-refractivity contribution in [2.45, 2.75) is 45.3 Å². The molecule has 4 heteroatoms. The van der Waals surface area contributed by atoms with Gasteiger partial charge in [-0.05, 0) is 51.0 Å². The molecule has 20 heavy (non-hydrogen) atoms. The Balaban J connectivity index is 1.73. The van der Waals surface area contributed by atoms with Crippen molar-refractivity contribution in [3.63, 3.8) is 0 Å². The fourth-order valence-corrected chi connectivity index (χ4v) is 2.47. The number of hydrogen-bond acceptors (Lipinski definition) is 3. The van der Waals surface area contributed by atoms with Gasteiger partial charge in [0.1, 0.15) is 5.75 Å². The summed E-state index contributed by atoms with van der Waals surface area (Å²) in [5.74, 6) is 2.99. The van der Waals surface area contributed by atoms with E-state index in [1.807, 2.05) is 12.0 Å². The van der Waals surface area contributed by atoms with Crippen molar-refractivity contribution in [1.29, 1.82) is 0 Å². The molecule has 0 amide bonds. The van der Waals surface area contributed by atoms with Crippen LogP contribution < -0.4 is 4.74 Å². The van der Waals surface area contributed by atoms with E-state index in [2.05, 4.69) is 45.9 Å². The minimum absolute atomic E-state index is 0.284. The van der Waals surface area contributed by atoms with Gasteiger partial charge in [0.05, 0.1) is 17.8 Å². The summed E-state index contributed by atoms with van der Waals surface area (Å²) >= 11 is 0. The summed E-state index contributed by atoms with van der Waals surface area (Å²) in [5, 5.41) is 0. The van der Waals surface area contributed by atoms with Crippen LogP contribution in [0.4, 0.5) is 0 Å². The number of rotatable bonds is 2. The van der Waals surface area contributed by atoms with Crippen molar-refractivity contribution < 1.29 is 14.0 Å². The zero-order valence-corrected chi connectivity index (χ0v) is 12.6. The first-order valence-electron chi connectivity index (χ1n) is 7.17. The molecule has 0 bridgehead atoms. The molecule has 0 spiro atoms. The van der Waals surface area contributed by atoms with Gasteiger partial charge in [0.25, 0.3) is 0 Å². The Morgan fingerprint density at radius 3 is 2.50 bits per heavy atom. The molecular formula is C16H21BO3. The summed E-state index contributed by atoms with van der Waals surface area (Å²) in [5.41, 5.74) is 1.87. The van der Waals surface area contributed by atoms with E-state index in [-0.39, 0.29) is 18.3 Å². The Morgan fingerprint density at radius 2 is 1.80 bits per heavy atom. The molecule has 3 nitrogen and oxygen atoms in total. The highest BCUT2D eigenvalue weighted by Gasteiger charge is 2.49. The monoisotopic (exact) mass is 272 g/mol. The zero-order chi connectivity index (χ0) is 14.4. The summed E-state index contributed by atoms with van der Waals surface area (Å²) in [6.07, 6.45) is 3.05. The van der Waals surface area contributed by atoms with Crippen molar-refractivity contribution in [2.75, 3.05) is 6.61 Å². The van der Waals surface area contributed by atoms with Crippen LogP contribution in [0.5, 0.6) is 5.75 Å². The van der Waals surface area contributed by atoms with Gasteiger partial charge in [-0.1, -0.05) is 18.1 Å². The molecule has 2 aliphatic heterocycles. The second-order valence-electron chi connectivity index (χ2n) is 6.45. The van der Waals surface area contributed by atoms with E-state index in [9.17, 15) is 0 Å². The molecule has 0 N–H and O–H groups in total. The van der Waals surface area contributed by atoms with Crippen LogP contribution in [0.25, 0.3) is 6.08 Å². The minimum atomic E-state index is -0.287. The second kappa shape index (κ2) is 4.64. The second-order valence-corrected chi connectivity index (χ2v) is 6.45. The van der Waals surface area contributed by atoms with Crippen LogP contribution in [0.15, 0.2) is 24.2 Å². The Hall–Kier alpha value is -1.26. The molecular weight excluding hydrogens is 251 g/mol. The third-order valence-electron chi connectivity index (χ3n) is 4.43. The average molecular weight is 272 g/mol. The lowest BCUT2D eigenvalue weighted by Crippen LogP contribution is -2.41. The standard InChI is InChI=1S/C16H21BO3/c1-15(2)16(3,4)20-17(19-15)9-7-12-5-6-14-13(11-12)8-10-18-14/h5-7,9,11H,8,10H2,1-4H3/b9-7+. The maximum absolute atomic E-state index is 5.94. The third kappa shape index (κ3) is 2.38. The lowest BCUT2D eigenvalue weighted by molar-refractivity contribution is 0.00578. The van der Waals surface area contributed by atoms with Crippen molar-refractivity contribution in [1.82, 2.24) is 0 Å². The first-order valence-corrected chi connectivity index (χ1v) is 7.17. The summed E-state index contributed by atoms with van der Waals surface area (Å²) in [6.45, 7) is 9.04. The van der Waals surface area contributed by atoms with Gasteiger partial charge < -0.3 is 14.0 Å². The van der Waals surface area contributed by atoms with Crippen LogP contribution in [0.1, 0.15) is 38.8 Å². The first kappa shape index (κ1) is 13.7. The lowest BCUT2D eigenvalue weighted by Gasteiger charge is -2.32. The van der Waals surface area contributed by atoms with Gasteiger partial charge in [0, 0.05) is 6.42 Å². The molecule has 1 saturated heterocycles. The van der Waals surface area contributed by atoms with E-state index < -0.39 is 0 Å². The SMILES string of the molecule is CC1(C)OB(/C=C/c2ccc3c(c2)CCO3)OC1(C)C. The Morgan fingerprint density at radius 1 is 1.10 bits per heavy atom. The molecule has 2 heterocycles. The van der Waals surface area contributed by atoms with Gasteiger partial charge in [0.2, 0.25) is 0 Å². The van der Waals surface area contributed by atoms with E-state index in [0.717, 1.165) is 24.3 Å². The van der Waals surface area contributed by atoms with Crippen LogP contribution >= 0.6 is 0 Å². The molecule has 0 atom stereocenters. The van der Waals surface area contributed by atoms with Crippen molar-refractivity contribution in [3.8, 4) is 5.75 Å². The van der Waals surface area contributed by atoms with Crippen molar-refractivity contribution >= 4 is 13.2 Å². The molecule has 0 aromatic heterocycles. The Bertz CT molecular complexity index is 533. The summed E-state index contributed by atoms with van der Waals surface area (Å²) in [6, 6.07) is 6.27. The zero-order valence-electron chi connectivity index (χ0n) is 12.6. The van der Waals surface area contributed by atoms with E-state index in [1.165, 1.54) is 5.56 Å². The molecule has 1 aromatic carbocycles. The molecule has 0 aliphatic carbocycles. The van der Waals surface area contributed by atoms with Gasteiger partial charge in [0.15, 0.2) is 0 Å². The van der Waals surface area contributed by atoms with Crippen molar-refractivity contribution in [3.05, 3.63) is 35.3 Å². The first-order chi connectivity index (χ1) is 9.37. The average Bonchev–Trinajstić information content (AvgIpc) is 2.89. The van der Waals surface area contributed by atoms with Gasteiger partial charge in [-0.2, -0.15) is 0 Å². The molecule has 0 saturated carbocycles. The summed E-state index contributed by atoms with van der Waals surface area (Å²) in [4.78, 5) is 0. The normalized spacial score (nSPS) is 23.1. The maximum Gasteiger partial charge on any atom is 0.487 e. The molecule has 0 radical (unpaired) electrons. The predicted octanol–water partition coefficient (Wildman–Crippen LogP) is 3.27. The van der Waals surface area contributed by atoms with Gasteiger partial charge in [-0.3, -0.25) is 0 Å². The van der Waals surface area contributed by atoms with Gasteiger partial charge >= 0.3 is 7.12 Å². The van der Waals surface area contributed by atoms with E-state index >= 15 is 0 Å². The van der Waals surface area contributed by atoms with Crippen LogP contribution in [0, 0.1) is 0 Å². The maximum atomic E-state index is 5.94. The Kier molecular flexibility index (Phi) is 3.18. The molecule has 0 unspecified atom stereocenters. The Labute approximate surface area is 121 Å². The van der Waals surface area contributed by atoms with Gasteiger partial charge in [-0.15, -0.1) is 0 Å². The third-order valence-corrected chi connectivity index (χ3v) is 4.43. The van der Waals surface area contributed by atoms with Gasteiger partial charge in [-0.25, -0.2) is 0 Å². The fraction of sp³-hybridized carbons (Fsp3) is 0.500. The molecule has 1 aromatic rings. The fourth-order valence-electron chi connectivity index (χ4n) is 2.47. The van der Waals surface area contributed by atoms with Crippen LogP contribution in [0.2, 0.25) is 0 Å². The topological polar surface area (TPSA) is 27.7 Å². The smallest absolute Gasteiger partial charge is 0.487 e. The molecule has 1 fully saturated rings. The molecule has 2 aliphatic rings. The number of ether oxygens (including phenoxy) is 1. The van der Waals surface area contributed by atoms with Crippen LogP contribution in [0.3, 0.4) is 0 Å². The predicted molar refractivity (Wildman–Crippen MR) is 80.8 cm³/mol. The van der Waals surface area contributed by atoms with E-state index in [1.54, 1.807) is 0 Å². The van der Waals surface area contributed by atoms with Crippen molar-refractivity contribution in [2.24, 2.45) is 0 Å².